The monoisotopic (exact) mass is 353 g/mol. The van der Waals surface area contributed by atoms with Crippen molar-refractivity contribution < 1.29 is 14.3 Å². The van der Waals surface area contributed by atoms with Crippen molar-refractivity contribution in [3.8, 4) is 0 Å². The number of aryl methyl sites for hydroxylation is 2. The third kappa shape index (κ3) is 4.39. The lowest BCUT2D eigenvalue weighted by molar-refractivity contribution is -0.138. The molecule has 1 aliphatic rings. The Hall–Kier alpha value is -2.89. The number of carbonyl (C=O) groups is 2. The highest BCUT2D eigenvalue weighted by molar-refractivity contribution is 5.95. The normalized spacial score (nSPS) is 14.4. The maximum absolute atomic E-state index is 11.8. The van der Waals surface area contributed by atoms with Gasteiger partial charge in [-0.25, -0.2) is 4.79 Å². The van der Waals surface area contributed by atoms with Gasteiger partial charge in [-0.3, -0.25) is 9.48 Å². The minimum absolute atomic E-state index is 0.166. The third-order valence-electron chi connectivity index (χ3n) is 4.34. The number of aromatic nitrogens is 2. The van der Waals surface area contributed by atoms with Gasteiger partial charge in [0.05, 0.1) is 12.2 Å². The molecule has 0 saturated carbocycles. The van der Waals surface area contributed by atoms with E-state index in [-0.39, 0.29) is 18.5 Å². The summed E-state index contributed by atoms with van der Waals surface area (Å²) in [5.41, 5.74) is 3.78. The van der Waals surface area contributed by atoms with Crippen LogP contribution in [0, 0.1) is 13.8 Å². The molecule has 0 bridgehead atoms. The minimum atomic E-state index is -0.384. The number of rotatable bonds is 6. The number of hydrogen-bond acceptors (Lipinski definition) is 4. The molecule has 0 atom stereocenters. The summed E-state index contributed by atoms with van der Waals surface area (Å²) in [6.45, 7) is 5.50. The number of esters is 1. The van der Waals surface area contributed by atoms with Gasteiger partial charge in [0.1, 0.15) is 6.61 Å². The lowest BCUT2D eigenvalue weighted by Gasteiger charge is -2.15. The van der Waals surface area contributed by atoms with E-state index in [1.165, 1.54) is 6.08 Å². The van der Waals surface area contributed by atoms with Crippen molar-refractivity contribution in [2.45, 2.75) is 33.2 Å². The molecule has 1 aromatic carbocycles. The number of ether oxygens (including phenoxy) is 1. The Kier molecular flexibility index (Phi) is 5.51. The Morgan fingerprint density at radius 2 is 2.04 bits per heavy atom. The van der Waals surface area contributed by atoms with Crippen LogP contribution in [0.2, 0.25) is 0 Å². The van der Waals surface area contributed by atoms with Crippen LogP contribution >= 0.6 is 0 Å². The molecule has 1 saturated heterocycles. The van der Waals surface area contributed by atoms with Gasteiger partial charge < -0.3 is 9.64 Å². The molecule has 3 rings (SSSR count). The van der Waals surface area contributed by atoms with E-state index in [0.717, 1.165) is 35.6 Å². The summed E-state index contributed by atoms with van der Waals surface area (Å²) in [6.07, 6.45) is 4.65. The number of nitrogens with zero attached hydrogens (tertiary/aromatic N) is 3. The van der Waals surface area contributed by atoms with Gasteiger partial charge in [0.2, 0.25) is 5.91 Å². The lowest BCUT2D eigenvalue weighted by atomic mass is 10.2. The zero-order valence-electron chi connectivity index (χ0n) is 15.1. The molecule has 6 nitrogen and oxygen atoms in total. The Bertz CT molecular complexity index is 821. The second kappa shape index (κ2) is 7.99. The van der Waals surface area contributed by atoms with E-state index in [4.69, 9.17) is 4.74 Å². The highest BCUT2D eigenvalue weighted by Gasteiger charge is 2.21. The molecular formula is C20H23N3O3. The van der Waals surface area contributed by atoms with E-state index < -0.39 is 0 Å². The van der Waals surface area contributed by atoms with Crippen molar-refractivity contribution in [3.63, 3.8) is 0 Å². The number of carbonyl (C=O) groups excluding carboxylic acids is 2. The van der Waals surface area contributed by atoms with Crippen LogP contribution < -0.4 is 4.90 Å². The van der Waals surface area contributed by atoms with Gasteiger partial charge in [-0.15, -0.1) is 0 Å². The standard InChI is InChI=1S/C20H23N3O3/c1-15-14-16(2)23(21-15)12-13-26-20(25)10-7-17-5-8-18(9-6-17)22-11-3-4-19(22)24/h5-10,14H,3-4,11-13H2,1-2H3/b10-7+. The summed E-state index contributed by atoms with van der Waals surface area (Å²) in [5, 5.41) is 4.33. The maximum Gasteiger partial charge on any atom is 0.330 e. The van der Waals surface area contributed by atoms with Crippen LogP contribution in [0.5, 0.6) is 0 Å². The fourth-order valence-electron chi connectivity index (χ4n) is 3.03. The molecule has 0 radical (unpaired) electrons. The largest absolute Gasteiger partial charge is 0.461 e. The Morgan fingerprint density at radius 1 is 1.27 bits per heavy atom. The Morgan fingerprint density at radius 3 is 2.65 bits per heavy atom. The Labute approximate surface area is 153 Å². The molecule has 2 heterocycles. The zero-order valence-corrected chi connectivity index (χ0v) is 15.1. The van der Waals surface area contributed by atoms with E-state index in [1.54, 1.807) is 11.0 Å². The molecule has 0 aliphatic carbocycles. The Balaban J connectivity index is 1.48. The van der Waals surface area contributed by atoms with Gasteiger partial charge in [0, 0.05) is 30.4 Å². The number of amides is 1. The molecule has 2 aromatic rings. The molecule has 1 amide bonds. The van der Waals surface area contributed by atoms with E-state index >= 15 is 0 Å². The van der Waals surface area contributed by atoms with E-state index in [0.29, 0.717) is 13.0 Å². The van der Waals surface area contributed by atoms with Crippen LogP contribution in [0.1, 0.15) is 29.8 Å². The van der Waals surface area contributed by atoms with Crippen LogP contribution in [0.4, 0.5) is 5.69 Å². The summed E-state index contributed by atoms with van der Waals surface area (Å²) in [4.78, 5) is 25.4. The first-order chi connectivity index (χ1) is 12.5. The summed E-state index contributed by atoms with van der Waals surface area (Å²) in [6, 6.07) is 9.57. The second-order valence-electron chi connectivity index (χ2n) is 6.39. The van der Waals surface area contributed by atoms with Gasteiger partial charge in [-0.2, -0.15) is 5.10 Å². The molecule has 6 heteroatoms. The van der Waals surface area contributed by atoms with Gasteiger partial charge in [0.15, 0.2) is 0 Å². The van der Waals surface area contributed by atoms with Crippen molar-refractivity contribution >= 4 is 23.6 Å². The maximum atomic E-state index is 11.8. The zero-order chi connectivity index (χ0) is 18.5. The average Bonchev–Trinajstić information content (AvgIpc) is 3.18. The molecule has 1 aromatic heterocycles. The molecular weight excluding hydrogens is 330 g/mol. The average molecular weight is 353 g/mol. The van der Waals surface area contributed by atoms with Gasteiger partial charge in [-0.05, 0) is 50.1 Å². The first-order valence-corrected chi connectivity index (χ1v) is 8.79. The predicted octanol–water partition coefficient (Wildman–Crippen LogP) is 2.88. The van der Waals surface area contributed by atoms with E-state index in [2.05, 4.69) is 5.10 Å². The van der Waals surface area contributed by atoms with E-state index in [1.807, 2.05) is 48.9 Å². The fourth-order valence-corrected chi connectivity index (χ4v) is 3.03. The van der Waals surface area contributed by atoms with Crippen molar-refractivity contribution in [1.82, 2.24) is 9.78 Å². The first-order valence-electron chi connectivity index (χ1n) is 8.79. The predicted molar refractivity (Wildman–Crippen MR) is 99.7 cm³/mol. The van der Waals surface area contributed by atoms with Crippen molar-refractivity contribution in [2.24, 2.45) is 0 Å². The number of benzene rings is 1. The quantitative estimate of drug-likeness (QED) is 0.592. The highest BCUT2D eigenvalue weighted by Crippen LogP contribution is 2.21. The topological polar surface area (TPSA) is 64.4 Å². The molecule has 1 fully saturated rings. The highest BCUT2D eigenvalue weighted by atomic mass is 16.5. The smallest absolute Gasteiger partial charge is 0.330 e. The molecule has 1 aliphatic heterocycles. The van der Waals surface area contributed by atoms with Crippen molar-refractivity contribution in [1.29, 1.82) is 0 Å². The van der Waals surface area contributed by atoms with Crippen LogP contribution in [0.15, 0.2) is 36.4 Å². The summed E-state index contributed by atoms with van der Waals surface area (Å²) in [5.74, 6) is -0.218. The van der Waals surface area contributed by atoms with E-state index in [9.17, 15) is 9.59 Å². The lowest BCUT2D eigenvalue weighted by Crippen LogP contribution is -2.23. The second-order valence-corrected chi connectivity index (χ2v) is 6.39. The van der Waals surface area contributed by atoms with Crippen molar-refractivity contribution in [3.05, 3.63) is 53.4 Å². The SMILES string of the molecule is Cc1cc(C)n(CCOC(=O)/C=C/c2ccc(N3CCCC3=O)cc2)n1. The minimum Gasteiger partial charge on any atom is -0.461 e. The molecule has 136 valence electrons. The fraction of sp³-hybridized carbons (Fsp3) is 0.350. The third-order valence-corrected chi connectivity index (χ3v) is 4.34. The molecule has 0 spiro atoms. The van der Waals surface area contributed by atoms with Crippen molar-refractivity contribution in [2.75, 3.05) is 18.1 Å². The van der Waals surface area contributed by atoms with Gasteiger partial charge >= 0.3 is 5.97 Å². The number of hydrogen-bond donors (Lipinski definition) is 0. The summed E-state index contributed by atoms with van der Waals surface area (Å²) < 4.78 is 7.04. The summed E-state index contributed by atoms with van der Waals surface area (Å²) >= 11 is 0. The molecule has 0 unspecified atom stereocenters. The molecule has 0 N–H and O–H groups in total. The number of anilines is 1. The van der Waals surface area contributed by atoms with Crippen LogP contribution in [0.25, 0.3) is 6.08 Å². The van der Waals surface area contributed by atoms with Gasteiger partial charge in [-0.1, -0.05) is 12.1 Å². The van der Waals surface area contributed by atoms with Crippen LogP contribution in [-0.4, -0.2) is 34.8 Å². The summed E-state index contributed by atoms with van der Waals surface area (Å²) in [7, 11) is 0. The van der Waals surface area contributed by atoms with Crippen LogP contribution in [0.3, 0.4) is 0 Å². The molecule has 26 heavy (non-hydrogen) atoms. The van der Waals surface area contributed by atoms with Gasteiger partial charge in [0.25, 0.3) is 0 Å². The first kappa shape index (κ1) is 17.9. The van der Waals surface area contributed by atoms with Crippen LogP contribution in [-0.2, 0) is 20.9 Å².